The lowest BCUT2D eigenvalue weighted by atomic mass is 9.97. The average Bonchev–Trinajstić information content (AvgIpc) is 2.87. The molecule has 1 unspecified atom stereocenters. The van der Waals surface area contributed by atoms with E-state index in [1.54, 1.807) is 0 Å². The maximum absolute atomic E-state index is 10.8. The predicted octanol–water partition coefficient (Wildman–Crippen LogP) is 2.30. The normalized spacial score (nSPS) is 25.5. The topological polar surface area (TPSA) is 26.3 Å². The van der Waals surface area contributed by atoms with Crippen LogP contribution in [0, 0.1) is 5.92 Å². The summed E-state index contributed by atoms with van der Waals surface area (Å²) in [5.41, 5.74) is 5.57. The molecule has 0 radical (unpaired) electrons. The number of carbonyl (C=O) groups is 1. The SMILES string of the molecule is CC(=O)OCC1C=CC2=C1C1=CC=C2C1. The second-order valence-corrected chi connectivity index (χ2v) is 4.16. The van der Waals surface area contributed by atoms with Crippen LogP contribution in [0.5, 0.6) is 0 Å². The summed E-state index contributed by atoms with van der Waals surface area (Å²) >= 11 is 0. The Kier molecular flexibility index (Phi) is 1.72. The Balaban J connectivity index is 1.82. The largest absolute Gasteiger partial charge is 0.465 e. The molecule has 1 atom stereocenters. The molecule has 0 fully saturated rings. The molecule has 0 saturated heterocycles. The summed E-state index contributed by atoms with van der Waals surface area (Å²) in [5, 5.41) is 0. The second kappa shape index (κ2) is 2.96. The zero-order valence-corrected chi connectivity index (χ0v) is 8.62. The van der Waals surface area contributed by atoms with Crippen molar-refractivity contribution in [1.82, 2.24) is 0 Å². The van der Waals surface area contributed by atoms with Crippen molar-refractivity contribution in [2.24, 2.45) is 5.92 Å². The first-order valence-corrected chi connectivity index (χ1v) is 5.22. The van der Waals surface area contributed by atoms with Gasteiger partial charge in [0.2, 0.25) is 0 Å². The van der Waals surface area contributed by atoms with Gasteiger partial charge in [-0.25, -0.2) is 0 Å². The van der Waals surface area contributed by atoms with E-state index < -0.39 is 0 Å². The Bertz CT molecular complexity index is 461. The number of carbonyl (C=O) groups excluding carboxylic acids is 1. The number of fused-ring (bicyclic) bond motifs is 4. The van der Waals surface area contributed by atoms with Crippen molar-refractivity contribution in [3.05, 3.63) is 46.6 Å². The lowest BCUT2D eigenvalue weighted by molar-refractivity contribution is -0.141. The molecule has 0 aromatic rings. The van der Waals surface area contributed by atoms with Crippen LogP contribution in [-0.4, -0.2) is 12.6 Å². The molecule has 0 heterocycles. The van der Waals surface area contributed by atoms with Crippen LogP contribution in [0.1, 0.15) is 13.3 Å². The van der Waals surface area contributed by atoms with Crippen molar-refractivity contribution in [1.29, 1.82) is 0 Å². The highest BCUT2D eigenvalue weighted by Gasteiger charge is 2.33. The molecule has 2 heteroatoms. The highest BCUT2D eigenvalue weighted by atomic mass is 16.5. The minimum absolute atomic E-state index is 0.200. The molecule has 0 aliphatic heterocycles. The molecule has 3 aliphatic rings. The fourth-order valence-corrected chi connectivity index (χ4v) is 2.53. The van der Waals surface area contributed by atoms with Crippen LogP contribution < -0.4 is 0 Å². The molecular formula is C13H12O2. The van der Waals surface area contributed by atoms with Gasteiger partial charge in [0.25, 0.3) is 0 Å². The quantitative estimate of drug-likeness (QED) is 0.639. The van der Waals surface area contributed by atoms with E-state index >= 15 is 0 Å². The molecule has 2 bridgehead atoms. The summed E-state index contributed by atoms with van der Waals surface area (Å²) in [6.07, 6.45) is 9.75. The molecule has 2 nitrogen and oxygen atoms in total. The van der Waals surface area contributed by atoms with E-state index in [4.69, 9.17) is 4.74 Å². The monoisotopic (exact) mass is 200 g/mol. The van der Waals surface area contributed by atoms with Crippen molar-refractivity contribution < 1.29 is 9.53 Å². The van der Waals surface area contributed by atoms with Gasteiger partial charge in [0, 0.05) is 12.8 Å². The molecular weight excluding hydrogens is 188 g/mol. The average molecular weight is 200 g/mol. The standard InChI is InChI=1S/C13H12O2/c1-8(14)15-7-11-4-5-12-9-2-3-10(6-9)13(11)12/h2-5,11H,6-7H2,1H3. The Morgan fingerprint density at radius 2 is 2.27 bits per heavy atom. The van der Waals surface area contributed by atoms with Gasteiger partial charge in [-0.3, -0.25) is 4.79 Å². The van der Waals surface area contributed by atoms with E-state index in [1.807, 2.05) is 0 Å². The van der Waals surface area contributed by atoms with Gasteiger partial charge in [-0.15, -0.1) is 0 Å². The molecule has 3 rings (SSSR count). The van der Waals surface area contributed by atoms with Crippen LogP contribution in [0.15, 0.2) is 46.6 Å². The number of ether oxygens (including phenoxy) is 1. The molecule has 15 heavy (non-hydrogen) atoms. The smallest absolute Gasteiger partial charge is 0.302 e. The van der Waals surface area contributed by atoms with Crippen LogP contribution in [0.4, 0.5) is 0 Å². The van der Waals surface area contributed by atoms with E-state index in [2.05, 4.69) is 24.3 Å². The van der Waals surface area contributed by atoms with E-state index in [0.29, 0.717) is 6.61 Å². The lowest BCUT2D eigenvalue weighted by Crippen LogP contribution is -2.11. The van der Waals surface area contributed by atoms with Gasteiger partial charge >= 0.3 is 5.97 Å². The van der Waals surface area contributed by atoms with Crippen molar-refractivity contribution in [2.45, 2.75) is 13.3 Å². The Morgan fingerprint density at radius 1 is 1.47 bits per heavy atom. The third-order valence-electron chi connectivity index (χ3n) is 3.18. The highest BCUT2D eigenvalue weighted by molar-refractivity contribution is 5.69. The lowest BCUT2D eigenvalue weighted by Gasteiger charge is -2.13. The Morgan fingerprint density at radius 3 is 3.07 bits per heavy atom. The zero-order chi connectivity index (χ0) is 10.4. The maximum atomic E-state index is 10.8. The van der Waals surface area contributed by atoms with E-state index in [1.165, 1.54) is 29.2 Å². The molecule has 3 aliphatic carbocycles. The van der Waals surface area contributed by atoms with Gasteiger partial charge in [-0.1, -0.05) is 24.3 Å². The third-order valence-corrected chi connectivity index (χ3v) is 3.18. The summed E-state index contributed by atoms with van der Waals surface area (Å²) in [6, 6.07) is 0. The van der Waals surface area contributed by atoms with Gasteiger partial charge in [0.15, 0.2) is 0 Å². The highest BCUT2D eigenvalue weighted by Crippen LogP contribution is 2.47. The molecule has 0 N–H and O–H groups in total. The third kappa shape index (κ3) is 1.21. The van der Waals surface area contributed by atoms with Gasteiger partial charge < -0.3 is 4.74 Å². The minimum atomic E-state index is -0.200. The number of allylic oxidation sites excluding steroid dienone is 6. The van der Waals surface area contributed by atoms with Crippen LogP contribution >= 0.6 is 0 Å². The molecule has 0 amide bonds. The second-order valence-electron chi connectivity index (χ2n) is 4.16. The summed E-state index contributed by atoms with van der Waals surface area (Å²) in [6.45, 7) is 1.94. The summed E-state index contributed by atoms with van der Waals surface area (Å²) in [4.78, 5) is 10.8. The first-order valence-electron chi connectivity index (χ1n) is 5.22. The van der Waals surface area contributed by atoms with E-state index in [9.17, 15) is 4.79 Å². The van der Waals surface area contributed by atoms with E-state index in [-0.39, 0.29) is 11.9 Å². The van der Waals surface area contributed by atoms with Gasteiger partial charge in [0.1, 0.15) is 6.61 Å². The number of esters is 1. The van der Waals surface area contributed by atoms with E-state index in [0.717, 1.165) is 6.42 Å². The van der Waals surface area contributed by atoms with Gasteiger partial charge in [-0.05, 0) is 28.7 Å². The van der Waals surface area contributed by atoms with Crippen LogP contribution in [0.25, 0.3) is 0 Å². The van der Waals surface area contributed by atoms with Crippen molar-refractivity contribution in [3.8, 4) is 0 Å². The van der Waals surface area contributed by atoms with Gasteiger partial charge in [-0.2, -0.15) is 0 Å². The molecule has 76 valence electrons. The number of hydrogen-bond acceptors (Lipinski definition) is 2. The minimum Gasteiger partial charge on any atom is -0.465 e. The van der Waals surface area contributed by atoms with Crippen LogP contribution in [0.3, 0.4) is 0 Å². The Labute approximate surface area is 88.6 Å². The number of hydrogen-bond donors (Lipinski definition) is 0. The molecule has 0 aromatic carbocycles. The number of rotatable bonds is 2. The maximum Gasteiger partial charge on any atom is 0.302 e. The summed E-state index contributed by atoms with van der Waals surface area (Å²) < 4.78 is 5.07. The molecule has 0 aromatic heterocycles. The fourth-order valence-electron chi connectivity index (χ4n) is 2.53. The first-order chi connectivity index (χ1) is 7.25. The fraction of sp³-hybridized carbons (Fsp3) is 0.308. The first kappa shape index (κ1) is 8.72. The zero-order valence-electron chi connectivity index (χ0n) is 8.62. The molecule has 0 saturated carbocycles. The van der Waals surface area contributed by atoms with Crippen LogP contribution in [0.2, 0.25) is 0 Å². The van der Waals surface area contributed by atoms with Crippen molar-refractivity contribution >= 4 is 5.97 Å². The van der Waals surface area contributed by atoms with Gasteiger partial charge in [0.05, 0.1) is 0 Å². The van der Waals surface area contributed by atoms with Crippen molar-refractivity contribution in [3.63, 3.8) is 0 Å². The Hall–Kier alpha value is -1.57. The van der Waals surface area contributed by atoms with Crippen LogP contribution in [-0.2, 0) is 9.53 Å². The molecule has 0 spiro atoms. The summed E-state index contributed by atoms with van der Waals surface area (Å²) in [5.74, 6) is 0.0788. The summed E-state index contributed by atoms with van der Waals surface area (Å²) in [7, 11) is 0. The van der Waals surface area contributed by atoms with Crippen molar-refractivity contribution in [2.75, 3.05) is 6.61 Å². The predicted molar refractivity (Wildman–Crippen MR) is 57.1 cm³/mol.